The lowest BCUT2D eigenvalue weighted by Crippen LogP contribution is -2.55. The van der Waals surface area contributed by atoms with E-state index in [4.69, 9.17) is 14.2 Å². The first kappa shape index (κ1) is 23.9. The van der Waals surface area contributed by atoms with Crippen LogP contribution in [0.4, 0.5) is 9.59 Å². The van der Waals surface area contributed by atoms with Crippen LogP contribution in [0.2, 0.25) is 0 Å². The van der Waals surface area contributed by atoms with Gasteiger partial charge in [0.1, 0.15) is 12.7 Å². The molecule has 9 heteroatoms. The predicted molar refractivity (Wildman–Crippen MR) is 133 cm³/mol. The van der Waals surface area contributed by atoms with E-state index in [2.05, 4.69) is 10.3 Å². The van der Waals surface area contributed by atoms with Crippen LogP contribution in [-0.4, -0.2) is 53.0 Å². The highest BCUT2D eigenvalue weighted by atomic mass is 16.5. The summed E-state index contributed by atoms with van der Waals surface area (Å²) in [7, 11) is 0. The van der Waals surface area contributed by atoms with E-state index in [-0.39, 0.29) is 24.5 Å². The molecule has 1 saturated heterocycles. The fourth-order valence-corrected chi connectivity index (χ4v) is 6.07. The van der Waals surface area contributed by atoms with Crippen molar-refractivity contribution in [2.45, 2.75) is 51.4 Å². The topological polar surface area (TPSA) is 110 Å². The van der Waals surface area contributed by atoms with E-state index in [1.807, 2.05) is 56.3 Å². The number of hydrogen-bond donors (Lipinski definition) is 2. The molecule has 37 heavy (non-hydrogen) atoms. The van der Waals surface area contributed by atoms with Gasteiger partial charge >= 0.3 is 12.2 Å². The van der Waals surface area contributed by atoms with E-state index in [0.717, 1.165) is 17.0 Å². The van der Waals surface area contributed by atoms with Crippen LogP contribution in [0.3, 0.4) is 0 Å². The van der Waals surface area contributed by atoms with Crippen molar-refractivity contribution >= 4 is 12.2 Å². The minimum atomic E-state index is -0.887. The molecule has 4 aliphatic carbocycles. The normalized spacial score (nSPS) is 28.9. The second-order valence-corrected chi connectivity index (χ2v) is 11.7. The molecule has 2 amide bonds. The van der Waals surface area contributed by atoms with E-state index in [1.165, 1.54) is 24.2 Å². The number of aromatic nitrogens is 1. The fraction of sp³-hybridized carbons (Fsp3) is 0.536. The lowest BCUT2D eigenvalue weighted by molar-refractivity contribution is -0.132. The number of nitrogens with zero attached hydrogens (tertiary/aromatic N) is 2. The third-order valence-electron chi connectivity index (χ3n) is 8.46. The number of carbonyl (C=O) groups is 2. The Hall–Kier alpha value is -3.49. The number of carbonyl (C=O) groups excluding carboxylic acids is 1. The Morgan fingerprint density at radius 1 is 1.11 bits per heavy atom. The third-order valence-corrected chi connectivity index (χ3v) is 8.46. The van der Waals surface area contributed by atoms with Crippen LogP contribution in [0.1, 0.15) is 44.2 Å². The summed E-state index contributed by atoms with van der Waals surface area (Å²) in [6.45, 7) is 5.58. The van der Waals surface area contributed by atoms with Crippen molar-refractivity contribution < 1.29 is 28.9 Å². The number of pyridine rings is 1. The van der Waals surface area contributed by atoms with Gasteiger partial charge in [0, 0.05) is 42.5 Å². The number of nitrogens with one attached hydrogen (secondary N) is 1. The highest BCUT2D eigenvalue weighted by molar-refractivity contribution is 5.68. The Bertz CT molecular complexity index is 1170. The Balaban J connectivity index is 1.14. The highest BCUT2D eigenvalue weighted by Crippen LogP contribution is 2.64. The summed E-state index contributed by atoms with van der Waals surface area (Å²) in [4.78, 5) is 29.9. The van der Waals surface area contributed by atoms with Gasteiger partial charge in [-0.1, -0.05) is 30.3 Å². The maximum atomic E-state index is 12.6. The van der Waals surface area contributed by atoms with Gasteiger partial charge in [-0.2, -0.15) is 4.98 Å². The largest absolute Gasteiger partial charge is 0.477 e. The number of piperidine rings is 1. The lowest BCUT2D eigenvalue weighted by atomic mass is 9.45. The number of rotatable bonds is 9. The number of amides is 2. The first-order valence-corrected chi connectivity index (χ1v) is 13.0. The van der Waals surface area contributed by atoms with Crippen molar-refractivity contribution in [3.8, 4) is 11.8 Å². The van der Waals surface area contributed by atoms with Crippen LogP contribution >= 0.6 is 0 Å². The molecule has 196 valence electrons. The second-order valence-electron chi connectivity index (χ2n) is 11.7. The van der Waals surface area contributed by atoms with Crippen molar-refractivity contribution in [2.75, 3.05) is 19.7 Å². The van der Waals surface area contributed by atoms with Gasteiger partial charge in [0.15, 0.2) is 0 Å². The van der Waals surface area contributed by atoms with E-state index in [0.29, 0.717) is 36.9 Å². The first-order valence-electron chi connectivity index (χ1n) is 13.0. The zero-order chi connectivity index (χ0) is 25.8. The molecular weight excluding hydrogens is 474 g/mol. The minimum absolute atomic E-state index is 0.0595. The molecule has 2 N–H and O–H groups in total. The van der Waals surface area contributed by atoms with Crippen molar-refractivity contribution in [1.29, 1.82) is 0 Å². The monoisotopic (exact) mass is 507 g/mol. The van der Waals surface area contributed by atoms with Crippen molar-refractivity contribution in [2.24, 2.45) is 23.2 Å². The van der Waals surface area contributed by atoms with E-state index < -0.39 is 17.7 Å². The van der Waals surface area contributed by atoms with Gasteiger partial charge in [-0.3, -0.25) is 0 Å². The van der Waals surface area contributed by atoms with Crippen LogP contribution < -0.4 is 14.8 Å². The predicted octanol–water partition coefficient (Wildman–Crippen LogP) is 4.41. The average molecular weight is 508 g/mol. The van der Waals surface area contributed by atoms with Crippen LogP contribution in [0.5, 0.6) is 11.8 Å². The summed E-state index contributed by atoms with van der Waals surface area (Å²) in [6.07, 6.45) is 2.21. The summed E-state index contributed by atoms with van der Waals surface area (Å²) in [5.74, 6) is 2.14. The van der Waals surface area contributed by atoms with Gasteiger partial charge in [-0.25, -0.2) is 9.59 Å². The van der Waals surface area contributed by atoms with Crippen LogP contribution in [0.15, 0.2) is 42.5 Å². The number of fused-ring (bicyclic) bond motifs is 1. The molecule has 1 aromatic carbocycles. The number of benzene rings is 1. The number of hydrogen-bond acceptors (Lipinski definition) is 6. The Morgan fingerprint density at radius 3 is 2.41 bits per heavy atom. The second kappa shape index (κ2) is 8.82. The SMILES string of the molecule is CC(C)(NC(=O)OCc1ccccc1)c1cc(OCC23CC(C2)C3)nc(OC2[C@H]3CN(C(=O)O)C[C@@H]23)c1. The fourth-order valence-electron chi connectivity index (χ4n) is 6.07. The molecular formula is C28H33N3O6. The highest BCUT2D eigenvalue weighted by Gasteiger charge is 2.59. The average Bonchev–Trinajstić information content (AvgIpc) is 3.22. The lowest BCUT2D eigenvalue weighted by Gasteiger charge is -2.61. The molecule has 5 fully saturated rings. The number of likely N-dealkylation sites (tertiary alicyclic amines) is 1. The van der Waals surface area contributed by atoms with Crippen LogP contribution in [-0.2, 0) is 16.9 Å². The van der Waals surface area contributed by atoms with Crippen molar-refractivity contribution in [3.05, 3.63) is 53.6 Å². The molecule has 1 aromatic heterocycles. The molecule has 7 rings (SSSR count). The molecule has 0 spiro atoms. The number of carboxylic acid groups (broad SMARTS) is 1. The molecule has 5 aliphatic rings. The minimum Gasteiger partial charge on any atom is -0.477 e. The molecule has 2 heterocycles. The molecule has 2 aromatic rings. The molecule has 3 atom stereocenters. The van der Waals surface area contributed by atoms with E-state index in [9.17, 15) is 14.7 Å². The Labute approximate surface area is 216 Å². The molecule has 9 nitrogen and oxygen atoms in total. The van der Waals surface area contributed by atoms with Crippen molar-refractivity contribution in [1.82, 2.24) is 15.2 Å². The summed E-state index contributed by atoms with van der Waals surface area (Å²) in [5.41, 5.74) is 1.23. The van der Waals surface area contributed by atoms with Crippen LogP contribution in [0.25, 0.3) is 0 Å². The first-order chi connectivity index (χ1) is 17.7. The zero-order valence-electron chi connectivity index (χ0n) is 21.2. The third kappa shape index (κ3) is 4.79. The van der Waals surface area contributed by atoms with E-state index >= 15 is 0 Å². The van der Waals surface area contributed by atoms with Crippen molar-refractivity contribution in [3.63, 3.8) is 0 Å². The van der Waals surface area contributed by atoms with Gasteiger partial charge in [-0.05, 0) is 50.2 Å². The molecule has 4 saturated carbocycles. The van der Waals surface area contributed by atoms with Gasteiger partial charge in [0.25, 0.3) is 0 Å². The maximum Gasteiger partial charge on any atom is 0.408 e. The molecule has 2 bridgehead atoms. The molecule has 0 radical (unpaired) electrons. The quantitative estimate of drug-likeness (QED) is 0.517. The summed E-state index contributed by atoms with van der Waals surface area (Å²) < 4.78 is 17.8. The summed E-state index contributed by atoms with van der Waals surface area (Å²) in [5, 5.41) is 12.2. The zero-order valence-corrected chi connectivity index (χ0v) is 21.2. The van der Waals surface area contributed by atoms with Gasteiger partial charge in [0.2, 0.25) is 11.8 Å². The standard InChI is InChI=1S/C28H33N3O6/c1-27(2,30-25(32)35-15-17-6-4-3-5-7-17)19-8-22(36-16-28-10-18(11-28)12-28)29-23(9-19)37-24-20-13-31(26(33)34)14-21(20)24/h3-9,18,20-21,24H,10-16H2,1-2H3,(H,30,32)(H,33,34)/t18?,20-,21+,24?,28?. The smallest absolute Gasteiger partial charge is 0.408 e. The van der Waals surface area contributed by atoms with E-state index in [1.54, 1.807) is 0 Å². The summed E-state index contributed by atoms with van der Waals surface area (Å²) >= 11 is 0. The van der Waals surface area contributed by atoms with Crippen LogP contribution in [0, 0.1) is 23.2 Å². The Kier molecular flexibility index (Phi) is 5.69. The molecule has 1 aliphatic heterocycles. The summed E-state index contributed by atoms with van der Waals surface area (Å²) in [6, 6.07) is 13.2. The molecule has 1 unspecified atom stereocenters. The number of ether oxygens (including phenoxy) is 3. The maximum absolute atomic E-state index is 12.6. The van der Waals surface area contributed by atoms with Gasteiger partial charge < -0.3 is 29.5 Å². The van der Waals surface area contributed by atoms with Gasteiger partial charge in [-0.15, -0.1) is 0 Å². The Morgan fingerprint density at radius 2 is 1.78 bits per heavy atom. The van der Waals surface area contributed by atoms with Gasteiger partial charge in [0.05, 0.1) is 12.1 Å². The number of alkyl carbamates (subject to hydrolysis) is 1.